The number of hydrogen-bond donors (Lipinski definition) is 2. The normalized spacial score (nSPS) is 22.6. The number of rotatable bonds is 4. The van der Waals surface area contributed by atoms with Gasteiger partial charge in [-0.3, -0.25) is 9.59 Å². The lowest BCUT2D eigenvalue weighted by Gasteiger charge is -2.34. The summed E-state index contributed by atoms with van der Waals surface area (Å²) in [5.74, 6) is -0.698. The van der Waals surface area contributed by atoms with Crippen LogP contribution in [-0.2, 0) is 4.74 Å². The van der Waals surface area contributed by atoms with Crippen LogP contribution in [0.2, 0.25) is 0 Å². The van der Waals surface area contributed by atoms with Crippen LogP contribution in [0.25, 0.3) is 0 Å². The Bertz CT molecular complexity index is 844. The van der Waals surface area contributed by atoms with Crippen molar-refractivity contribution in [1.82, 2.24) is 0 Å². The summed E-state index contributed by atoms with van der Waals surface area (Å²) in [7, 11) is 0. The molecule has 1 heterocycles. The Morgan fingerprint density at radius 3 is 2.72 bits per heavy atom. The molecule has 130 valence electrons. The molecule has 1 aliphatic carbocycles. The SMILES string of the molecule is C/C(=C\CC[C@]1(C)C=CC2=C(O1)C(=O)c1cc(O)ccc1C2=O)CO. The lowest BCUT2D eigenvalue weighted by atomic mass is 9.84. The summed E-state index contributed by atoms with van der Waals surface area (Å²) in [6, 6.07) is 4.15. The summed E-state index contributed by atoms with van der Waals surface area (Å²) in [6.45, 7) is 3.70. The van der Waals surface area contributed by atoms with Gasteiger partial charge in [0.25, 0.3) is 0 Å². The molecule has 0 aromatic heterocycles. The second-order valence-electron chi connectivity index (χ2n) is 6.63. The summed E-state index contributed by atoms with van der Waals surface area (Å²) >= 11 is 0. The fourth-order valence-electron chi connectivity index (χ4n) is 2.99. The summed E-state index contributed by atoms with van der Waals surface area (Å²) < 4.78 is 5.92. The van der Waals surface area contributed by atoms with Crippen molar-refractivity contribution in [2.75, 3.05) is 6.61 Å². The molecule has 1 aliphatic heterocycles. The van der Waals surface area contributed by atoms with Gasteiger partial charge >= 0.3 is 0 Å². The number of fused-ring (bicyclic) bond motifs is 1. The van der Waals surface area contributed by atoms with Crippen LogP contribution in [0.4, 0.5) is 0 Å². The number of carbonyl (C=O) groups is 2. The van der Waals surface area contributed by atoms with Gasteiger partial charge in [-0.05, 0) is 57.0 Å². The van der Waals surface area contributed by atoms with E-state index in [9.17, 15) is 14.7 Å². The highest BCUT2D eigenvalue weighted by atomic mass is 16.5. The van der Waals surface area contributed by atoms with Crippen LogP contribution in [-0.4, -0.2) is 34.0 Å². The molecule has 25 heavy (non-hydrogen) atoms. The minimum atomic E-state index is -0.713. The van der Waals surface area contributed by atoms with Crippen LogP contribution in [0.5, 0.6) is 5.75 Å². The Kier molecular flexibility index (Phi) is 4.35. The summed E-state index contributed by atoms with van der Waals surface area (Å²) in [6.07, 6.45) is 6.65. The molecule has 1 atom stereocenters. The molecule has 1 aromatic carbocycles. The highest BCUT2D eigenvalue weighted by Crippen LogP contribution is 2.37. The maximum absolute atomic E-state index is 12.7. The average molecular weight is 340 g/mol. The first-order chi connectivity index (χ1) is 11.8. The van der Waals surface area contributed by atoms with Crippen molar-refractivity contribution in [2.24, 2.45) is 0 Å². The highest BCUT2D eigenvalue weighted by Gasteiger charge is 2.39. The fraction of sp³-hybridized carbons (Fsp3) is 0.300. The molecule has 0 unspecified atom stereocenters. The van der Waals surface area contributed by atoms with Gasteiger partial charge in [-0.1, -0.05) is 11.6 Å². The third kappa shape index (κ3) is 3.15. The molecule has 0 bridgehead atoms. The number of ketones is 2. The van der Waals surface area contributed by atoms with Crippen LogP contribution < -0.4 is 0 Å². The van der Waals surface area contributed by atoms with Crippen molar-refractivity contribution < 1.29 is 24.5 Å². The van der Waals surface area contributed by atoms with E-state index in [2.05, 4.69) is 0 Å². The first kappa shape index (κ1) is 17.2. The zero-order chi connectivity index (χ0) is 18.2. The second-order valence-corrected chi connectivity index (χ2v) is 6.63. The van der Waals surface area contributed by atoms with E-state index in [-0.39, 0.29) is 40.6 Å². The molecular formula is C20H20O5. The van der Waals surface area contributed by atoms with Crippen LogP contribution in [0, 0.1) is 0 Å². The number of phenols is 1. The Labute approximate surface area is 145 Å². The molecule has 5 nitrogen and oxygen atoms in total. The summed E-state index contributed by atoms with van der Waals surface area (Å²) in [5.41, 5.74) is 0.853. The third-order valence-corrected chi connectivity index (χ3v) is 4.51. The molecule has 0 saturated carbocycles. The van der Waals surface area contributed by atoms with Gasteiger partial charge in [-0.15, -0.1) is 0 Å². The molecule has 0 spiro atoms. The van der Waals surface area contributed by atoms with E-state index in [4.69, 9.17) is 9.84 Å². The van der Waals surface area contributed by atoms with E-state index < -0.39 is 11.4 Å². The molecule has 0 amide bonds. The first-order valence-electron chi connectivity index (χ1n) is 8.16. The van der Waals surface area contributed by atoms with Crippen molar-refractivity contribution >= 4 is 11.6 Å². The Balaban J connectivity index is 1.88. The summed E-state index contributed by atoms with van der Waals surface area (Å²) in [5, 5.41) is 18.7. The molecule has 0 fully saturated rings. The van der Waals surface area contributed by atoms with E-state index in [1.807, 2.05) is 19.9 Å². The number of ether oxygens (including phenoxy) is 1. The molecule has 0 radical (unpaired) electrons. The minimum Gasteiger partial charge on any atom is -0.508 e. The molecular weight excluding hydrogens is 320 g/mol. The number of phenolic OH excluding ortho intramolecular Hbond substituents is 1. The lowest BCUT2D eigenvalue weighted by Crippen LogP contribution is -2.34. The maximum Gasteiger partial charge on any atom is 0.229 e. The number of aromatic hydroxyl groups is 1. The number of benzene rings is 1. The third-order valence-electron chi connectivity index (χ3n) is 4.51. The predicted octanol–water partition coefficient (Wildman–Crippen LogP) is 3.09. The lowest BCUT2D eigenvalue weighted by molar-refractivity contribution is 0.0395. The smallest absolute Gasteiger partial charge is 0.229 e. The van der Waals surface area contributed by atoms with Gasteiger partial charge in [0, 0.05) is 11.1 Å². The van der Waals surface area contributed by atoms with Gasteiger partial charge in [-0.2, -0.15) is 0 Å². The van der Waals surface area contributed by atoms with Crippen molar-refractivity contribution in [1.29, 1.82) is 0 Å². The Morgan fingerprint density at radius 2 is 2.00 bits per heavy atom. The van der Waals surface area contributed by atoms with Crippen LogP contribution in [0.3, 0.4) is 0 Å². The first-order valence-corrected chi connectivity index (χ1v) is 8.16. The predicted molar refractivity (Wildman–Crippen MR) is 92.5 cm³/mol. The molecule has 5 heteroatoms. The minimum absolute atomic E-state index is 0.00990. The van der Waals surface area contributed by atoms with Gasteiger partial charge in [0.1, 0.15) is 11.4 Å². The van der Waals surface area contributed by atoms with E-state index >= 15 is 0 Å². The maximum atomic E-state index is 12.7. The Hall–Kier alpha value is -2.66. The van der Waals surface area contributed by atoms with E-state index in [0.29, 0.717) is 12.8 Å². The van der Waals surface area contributed by atoms with Gasteiger partial charge in [0.15, 0.2) is 11.5 Å². The van der Waals surface area contributed by atoms with Gasteiger partial charge < -0.3 is 14.9 Å². The standard InChI is InChI=1S/C20H20O5/c1-12(11-21)4-3-8-20(2)9-7-15-17(23)14-6-5-13(22)10-16(14)18(24)19(15)25-20/h4-7,9-10,21-22H,3,8,11H2,1-2H3/b12-4+/t20-/m1/s1. The second kappa shape index (κ2) is 6.33. The van der Waals surface area contributed by atoms with E-state index in [1.54, 1.807) is 12.2 Å². The zero-order valence-corrected chi connectivity index (χ0v) is 14.2. The molecule has 0 saturated heterocycles. The average Bonchev–Trinajstić information content (AvgIpc) is 2.59. The number of aliphatic hydroxyl groups is 1. The quantitative estimate of drug-likeness (QED) is 0.823. The molecule has 3 rings (SSSR count). The number of carbonyl (C=O) groups excluding carboxylic acids is 2. The van der Waals surface area contributed by atoms with Crippen molar-refractivity contribution in [2.45, 2.75) is 32.3 Å². The molecule has 1 aromatic rings. The summed E-state index contributed by atoms with van der Waals surface area (Å²) in [4.78, 5) is 25.3. The topological polar surface area (TPSA) is 83.8 Å². The number of aliphatic hydroxyl groups excluding tert-OH is 1. The van der Waals surface area contributed by atoms with Crippen molar-refractivity contribution in [3.63, 3.8) is 0 Å². The highest BCUT2D eigenvalue weighted by molar-refractivity contribution is 6.27. The molecule has 2 aliphatic rings. The molecule has 2 N–H and O–H groups in total. The largest absolute Gasteiger partial charge is 0.508 e. The zero-order valence-electron chi connectivity index (χ0n) is 14.2. The van der Waals surface area contributed by atoms with Crippen LogP contribution >= 0.6 is 0 Å². The monoisotopic (exact) mass is 340 g/mol. The van der Waals surface area contributed by atoms with Gasteiger partial charge in [-0.25, -0.2) is 0 Å². The number of hydrogen-bond acceptors (Lipinski definition) is 5. The van der Waals surface area contributed by atoms with Gasteiger partial charge in [0.05, 0.1) is 12.2 Å². The Morgan fingerprint density at radius 1 is 1.24 bits per heavy atom. The van der Waals surface area contributed by atoms with Crippen molar-refractivity contribution in [3.05, 3.63) is 64.5 Å². The van der Waals surface area contributed by atoms with E-state index in [1.165, 1.54) is 18.2 Å². The van der Waals surface area contributed by atoms with Crippen LogP contribution in [0.15, 0.2) is 53.3 Å². The van der Waals surface area contributed by atoms with Crippen molar-refractivity contribution in [3.8, 4) is 5.75 Å². The van der Waals surface area contributed by atoms with Crippen LogP contribution in [0.1, 0.15) is 47.4 Å². The van der Waals surface area contributed by atoms with E-state index in [0.717, 1.165) is 5.57 Å². The number of allylic oxidation sites excluding steroid dienone is 4. The van der Waals surface area contributed by atoms with Gasteiger partial charge in [0.2, 0.25) is 5.78 Å². The number of Topliss-reactive ketones (excluding diaryl/α,β-unsaturated/α-hetero) is 2. The fourth-order valence-corrected chi connectivity index (χ4v) is 2.99.